The lowest BCUT2D eigenvalue weighted by atomic mass is 10.00. The summed E-state index contributed by atoms with van der Waals surface area (Å²) < 4.78 is 0. The van der Waals surface area contributed by atoms with E-state index < -0.39 is 0 Å². The molecule has 2 rings (SSSR count). The number of piperidine rings is 1. The van der Waals surface area contributed by atoms with Gasteiger partial charge in [0.25, 0.3) is 5.91 Å². The smallest absolute Gasteiger partial charge is 0.252 e. The first-order chi connectivity index (χ1) is 8.66. The first-order valence-electron chi connectivity index (χ1n) is 6.11. The standard InChI is InChI=1S/C13H16Cl2N2O.ClH/c14-10-3-4-11(12(15)6-10)13(18)17-8-9-2-1-5-16-7-9;/h3-4,6,9,16H,1-2,5,7-8H2,(H,17,18);1H. The summed E-state index contributed by atoms with van der Waals surface area (Å²) in [6, 6.07) is 4.91. The summed E-state index contributed by atoms with van der Waals surface area (Å²) >= 11 is 11.8. The Morgan fingerprint density at radius 1 is 1.42 bits per heavy atom. The molecule has 1 aromatic carbocycles. The Kier molecular flexibility index (Phi) is 6.94. The Bertz CT molecular complexity index is 434. The summed E-state index contributed by atoms with van der Waals surface area (Å²) in [5, 5.41) is 7.17. The van der Waals surface area contributed by atoms with Gasteiger partial charge in [0.1, 0.15) is 0 Å². The predicted molar refractivity (Wildman–Crippen MR) is 81.6 cm³/mol. The minimum Gasteiger partial charge on any atom is -0.352 e. The van der Waals surface area contributed by atoms with E-state index in [9.17, 15) is 4.79 Å². The average molecular weight is 324 g/mol. The molecular formula is C13H17Cl3N2O. The summed E-state index contributed by atoms with van der Waals surface area (Å²) in [7, 11) is 0. The van der Waals surface area contributed by atoms with E-state index in [4.69, 9.17) is 23.2 Å². The van der Waals surface area contributed by atoms with E-state index in [0.29, 0.717) is 28.1 Å². The van der Waals surface area contributed by atoms with E-state index >= 15 is 0 Å². The fraction of sp³-hybridized carbons (Fsp3) is 0.462. The predicted octanol–water partition coefficient (Wildman–Crippen LogP) is 3.14. The molecule has 19 heavy (non-hydrogen) atoms. The van der Waals surface area contributed by atoms with Crippen molar-refractivity contribution in [3.63, 3.8) is 0 Å². The van der Waals surface area contributed by atoms with Crippen molar-refractivity contribution in [3.05, 3.63) is 33.8 Å². The van der Waals surface area contributed by atoms with Gasteiger partial charge < -0.3 is 10.6 Å². The van der Waals surface area contributed by atoms with Crippen LogP contribution < -0.4 is 10.6 Å². The first kappa shape index (κ1) is 16.6. The molecule has 0 aromatic heterocycles. The van der Waals surface area contributed by atoms with Crippen LogP contribution in [0.25, 0.3) is 0 Å². The SMILES string of the molecule is Cl.O=C(NCC1CCCNC1)c1ccc(Cl)cc1Cl. The molecule has 106 valence electrons. The van der Waals surface area contributed by atoms with Crippen molar-refractivity contribution in [2.45, 2.75) is 12.8 Å². The van der Waals surface area contributed by atoms with Crippen LogP contribution >= 0.6 is 35.6 Å². The highest BCUT2D eigenvalue weighted by molar-refractivity contribution is 6.36. The lowest BCUT2D eigenvalue weighted by molar-refractivity contribution is 0.0945. The number of carbonyl (C=O) groups is 1. The Morgan fingerprint density at radius 3 is 2.84 bits per heavy atom. The molecule has 1 aliphatic heterocycles. The quantitative estimate of drug-likeness (QED) is 0.897. The van der Waals surface area contributed by atoms with Crippen molar-refractivity contribution in [2.75, 3.05) is 19.6 Å². The van der Waals surface area contributed by atoms with Crippen LogP contribution in [0.2, 0.25) is 10.0 Å². The molecule has 6 heteroatoms. The molecular weight excluding hydrogens is 307 g/mol. The summed E-state index contributed by atoms with van der Waals surface area (Å²) in [6.07, 6.45) is 2.32. The summed E-state index contributed by atoms with van der Waals surface area (Å²) in [6.45, 7) is 2.73. The van der Waals surface area contributed by atoms with Gasteiger partial charge in [-0.1, -0.05) is 23.2 Å². The van der Waals surface area contributed by atoms with Crippen molar-refractivity contribution in [1.82, 2.24) is 10.6 Å². The third kappa shape index (κ3) is 4.84. The molecule has 0 bridgehead atoms. The van der Waals surface area contributed by atoms with Crippen LogP contribution in [0.4, 0.5) is 0 Å². The Morgan fingerprint density at radius 2 is 2.21 bits per heavy atom. The molecule has 1 unspecified atom stereocenters. The second kappa shape index (κ2) is 7.95. The van der Waals surface area contributed by atoms with E-state index in [0.717, 1.165) is 19.5 Å². The number of hydrogen-bond donors (Lipinski definition) is 2. The zero-order valence-corrected chi connectivity index (χ0v) is 12.7. The van der Waals surface area contributed by atoms with Gasteiger partial charge in [-0.05, 0) is 50.0 Å². The molecule has 1 amide bonds. The van der Waals surface area contributed by atoms with Crippen molar-refractivity contribution >= 4 is 41.5 Å². The van der Waals surface area contributed by atoms with Gasteiger partial charge in [0.2, 0.25) is 0 Å². The van der Waals surface area contributed by atoms with Crippen molar-refractivity contribution < 1.29 is 4.79 Å². The lowest BCUT2D eigenvalue weighted by Crippen LogP contribution is -2.38. The van der Waals surface area contributed by atoms with E-state index in [1.54, 1.807) is 18.2 Å². The second-order valence-electron chi connectivity index (χ2n) is 4.55. The normalized spacial score (nSPS) is 18.5. The Labute approximate surface area is 129 Å². The van der Waals surface area contributed by atoms with Gasteiger partial charge in [-0.15, -0.1) is 12.4 Å². The minimum atomic E-state index is -0.137. The highest BCUT2D eigenvalue weighted by Gasteiger charge is 2.15. The van der Waals surface area contributed by atoms with Crippen LogP contribution in [0.5, 0.6) is 0 Å². The number of nitrogens with one attached hydrogen (secondary N) is 2. The number of halogens is 3. The summed E-state index contributed by atoms with van der Waals surface area (Å²) in [5.74, 6) is 0.371. The maximum atomic E-state index is 12.0. The molecule has 1 atom stereocenters. The van der Waals surface area contributed by atoms with Crippen molar-refractivity contribution in [3.8, 4) is 0 Å². The van der Waals surface area contributed by atoms with Crippen LogP contribution in [-0.2, 0) is 0 Å². The number of hydrogen-bond acceptors (Lipinski definition) is 2. The van der Waals surface area contributed by atoms with Crippen LogP contribution in [0.1, 0.15) is 23.2 Å². The number of rotatable bonds is 3. The number of amides is 1. The van der Waals surface area contributed by atoms with Crippen LogP contribution in [-0.4, -0.2) is 25.5 Å². The fourth-order valence-corrected chi connectivity index (χ4v) is 2.60. The summed E-state index contributed by atoms with van der Waals surface area (Å²) in [4.78, 5) is 12.0. The molecule has 1 fully saturated rings. The van der Waals surface area contributed by atoms with Crippen LogP contribution in [0.3, 0.4) is 0 Å². The zero-order valence-electron chi connectivity index (χ0n) is 10.4. The maximum absolute atomic E-state index is 12.0. The molecule has 1 saturated heterocycles. The van der Waals surface area contributed by atoms with Gasteiger partial charge in [-0.25, -0.2) is 0 Å². The van der Waals surface area contributed by atoms with E-state index in [1.807, 2.05) is 0 Å². The molecule has 1 aliphatic rings. The van der Waals surface area contributed by atoms with Gasteiger partial charge in [0.15, 0.2) is 0 Å². The maximum Gasteiger partial charge on any atom is 0.252 e. The van der Waals surface area contributed by atoms with E-state index in [-0.39, 0.29) is 18.3 Å². The largest absolute Gasteiger partial charge is 0.352 e. The topological polar surface area (TPSA) is 41.1 Å². The zero-order chi connectivity index (χ0) is 13.0. The molecule has 0 aliphatic carbocycles. The van der Waals surface area contributed by atoms with E-state index in [2.05, 4.69) is 10.6 Å². The van der Waals surface area contributed by atoms with Gasteiger partial charge in [-0.3, -0.25) is 4.79 Å². The van der Waals surface area contributed by atoms with Gasteiger partial charge in [0, 0.05) is 11.6 Å². The van der Waals surface area contributed by atoms with Crippen molar-refractivity contribution in [2.24, 2.45) is 5.92 Å². The molecule has 1 heterocycles. The van der Waals surface area contributed by atoms with Crippen LogP contribution in [0.15, 0.2) is 18.2 Å². The number of benzene rings is 1. The number of carbonyl (C=O) groups excluding carboxylic acids is 1. The van der Waals surface area contributed by atoms with Gasteiger partial charge in [0.05, 0.1) is 10.6 Å². The highest BCUT2D eigenvalue weighted by atomic mass is 35.5. The first-order valence-corrected chi connectivity index (χ1v) is 6.86. The lowest BCUT2D eigenvalue weighted by Gasteiger charge is -2.22. The molecule has 2 N–H and O–H groups in total. The van der Waals surface area contributed by atoms with Crippen LogP contribution in [0, 0.1) is 5.92 Å². The van der Waals surface area contributed by atoms with Crippen molar-refractivity contribution in [1.29, 1.82) is 0 Å². The third-order valence-corrected chi connectivity index (χ3v) is 3.67. The average Bonchev–Trinajstić information content (AvgIpc) is 2.37. The third-order valence-electron chi connectivity index (χ3n) is 3.13. The molecule has 3 nitrogen and oxygen atoms in total. The molecule has 0 saturated carbocycles. The fourth-order valence-electron chi connectivity index (χ4n) is 2.10. The van der Waals surface area contributed by atoms with Gasteiger partial charge >= 0.3 is 0 Å². The Hall–Kier alpha value is -0.480. The molecule has 0 spiro atoms. The molecule has 0 radical (unpaired) electrons. The summed E-state index contributed by atoms with van der Waals surface area (Å²) in [5.41, 5.74) is 0.477. The molecule has 1 aromatic rings. The van der Waals surface area contributed by atoms with E-state index in [1.165, 1.54) is 6.42 Å². The minimum absolute atomic E-state index is 0. The highest BCUT2D eigenvalue weighted by Crippen LogP contribution is 2.21. The van der Waals surface area contributed by atoms with Gasteiger partial charge in [-0.2, -0.15) is 0 Å². The second-order valence-corrected chi connectivity index (χ2v) is 5.39. The Balaban J connectivity index is 0.00000180. The monoisotopic (exact) mass is 322 g/mol.